The third-order valence-corrected chi connectivity index (χ3v) is 15.1. The van der Waals surface area contributed by atoms with E-state index in [-0.39, 0.29) is 46.6 Å². The van der Waals surface area contributed by atoms with Gasteiger partial charge < -0.3 is 9.13 Å². The van der Waals surface area contributed by atoms with E-state index in [0.717, 1.165) is 87.0 Å². The highest BCUT2D eigenvalue weighted by Gasteiger charge is 2.25. The molecule has 5 heterocycles. The molecule has 0 amide bonds. The molecule has 15 aromatic rings. The lowest BCUT2D eigenvalue weighted by atomic mass is 10.0. The molecular formula is C66H40N8S. The normalized spacial score (nSPS) is 12.3. The summed E-state index contributed by atoms with van der Waals surface area (Å²) in [6.07, 6.45) is 0. The zero-order valence-electron chi connectivity index (χ0n) is 42.8. The standard InChI is InChI=1S/C66H40N8S/c1-5-19-41(20-6-1)61-68-64(70-65(69-61)45-34-38-58-51(39-45)48-28-15-18-32-57(48)75-58)44-33-36-55(52(40-44)66-71-62(42-21-7-2-8-22-42)67-63(72-66)43-23-9-3-10-24-43)74-53-30-16-13-27-47(53)49-35-37-56-59(60(49)74)50-29-14-17-31-54(50)73(56)46-25-11-4-12-26-46/h1-40H/i33D,36D,40D. The lowest BCUT2D eigenvalue weighted by Crippen LogP contribution is -2.05. The molecule has 9 heteroatoms. The zero-order valence-corrected chi connectivity index (χ0v) is 40.7. The van der Waals surface area contributed by atoms with Crippen molar-refractivity contribution < 1.29 is 4.11 Å². The molecule has 0 saturated carbocycles. The number of hydrogen-bond acceptors (Lipinski definition) is 7. The van der Waals surface area contributed by atoms with E-state index in [9.17, 15) is 4.11 Å². The number of fused-ring (bicyclic) bond motifs is 10. The summed E-state index contributed by atoms with van der Waals surface area (Å²) in [5, 5.41) is 6.04. The monoisotopic (exact) mass is 979 g/mol. The SMILES string of the molecule is [2H]c1c([2H])c(-n2c3ccccc3c3ccc4c(c5ccccc5n4-c4ccccc4)c32)c(-c2nc(-c3ccccc3)nc(-c3ccccc3)n2)c([2H])c1-c1nc(-c2ccccc2)nc(-c2ccc3sc4ccccc4c3c2)n1. The smallest absolute Gasteiger partial charge is 0.166 e. The van der Waals surface area contributed by atoms with Gasteiger partial charge in [0.2, 0.25) is 0 Å². The molecule has 0 fully saturated rings. The van der Waals surface area contributed by atoms with Crippen LogP contribution >= 0.6 is 11.3 Å². The van der Waals surface area contributed by atoms with Crippen molar-refractivity contribution in [1.29, 1.82) is 0 Å². The van der Waals surface area contributed by atoms with Crippen molar-refractivity contribution in [2.45, 2.75) is 0 Å². The molecule has 75 heavy (non-hydrogen) atoms. The maximum Gasteiger partial charge on any atom is 0.166 e. The molecule has 0 spiro atoms. The minimum absolute atomic E-state index is 0.0381. The Balaban J connectivity index is 1.09. The molecule has 15 rings (SSSR count). The van der Waals surface area contributed by atoms with E-state index < -0.39 is 0 Å². The molecular weight excluding hydrogens is 937 g/mol. The molecule has 0 unspecified atom stereocenters. The topological polar surface area (TPSA) is 87.2 Å². The van der Waals surface area contributed by atoms with Crippen molar-refractivity contribution in [2.24, 2.45) is 0 Å². The number of hydrogen-bond donors (Lipinski definition) is 0. The first-order chi connectivity index (χ1) is 38.4. The van der Waals surface area contributed by atoms with Gasteiger partial charge in [-0.15, -0.1) is 11.3 Å². The number of rotatable bonds is 8. The fourth-order valence-electron chi connectivity index (χ4n) is 10.6. The lowest BCUT2D eigenvalue weighted by molar-refractivity contribution is 1.06. The second-order valence-corrected chi connectivity index (χ2v) is 19.5. The van der Waals surface area contributed by atoms with Crippen LogP contribution in [0.5, 0.6) is 0 Å². The third kappa shape index (κ3) is 7.12. The fraction of sp³-hybridized carbons (Fsp3) is 0. The van der Waals surface area contributed by atoms with Gasteiger partial charge in [0.25, 0.3) is 0 Å². The van der Waals surface area contributed by atoms with Gasteiger partial charge in [0, 0.05) is 80.8 Å². The zero-order chi connectivity index (χ0) is 52.0. The van der Waals surface area contributed by atoms with E-state index in [0.29, 0.717) is 23.3 Å². The van der Waals surface area contributed by atoms with E-state index in [2.05, 4.69) is 88.0 Å². The first kappa shape index (κ1) is 39.6. The largest absolute Gasteiger partial charge is 0.309 e. The molecule has 0 saturated heterocycles. The molecule has 0 radical (unpaired) electrons. The molecule has 5 aromatic heterocycles. The summed E-state index contributed by atoms with van der Waals surface area (Å²) in [7, 11) is 0. The second-order valence-electron chi connectivity index (χ2n) is 18.4. The van der Waals surface area contributed by atoms with Crippen molar-refractivity contribution in [3.63, 3.8) is 0 Å². The van der Waals surface area contributed by atoms with Gasteiger partial charge in [-0.2, -0.15) is 0 Å². The number of aromatic nitrogens is 8. The molecule has 0 aliphatic heterocycles. The quantitative estimate of drug-likeness (QED) is 0.151. The van der Waals surface area contributed by atoms with E-state index in [1.807, 2.05) is 146 Å². The Kier molecular flexibility index (Phi) is 9.18. The number of para-hydroxylation sites is 3. The van der Waals surface area contributed by atoms with Gasteiger partial charge in [-0.05, 0) is 72.7 Å². The van der Waals surface area contributed by atoms with Gasteiger partial charge >= 0.3 is 0 Å². The average molecular weight is 980 g/mol. The third-order valence-electron chi connectivity index (χ3n) is 13.9. The number of nitrogens with zero attached hydrogens (tertiary/aromatic N) is 8. The summed E-state index contributed by atoms with van der Waals surface area (Å²) in [4.78, 5) is 31.0. The van der Waals surface area contributed by atoms with E-state index >= 15 is 0 Å². The predicted molar refractivity (Wildman–Crippen MR) is 307 cm³/mol. The maximum absolute atomic E-state index is 10.8. The van der Waals surface area contributed by atoms with Crippen LogP contribution in [-0.2, 0) is 0 Å². The highest BCUT2D eigenvalue weighted by Crippen LogP contribution is 2.44. The predicted octanol–water partition coefficient (Wildman–Crippen LogP) is 16.6. The highest BCUT2D eigenvalue weighted by molar-refractivity contribution is 7.25. The van der Waals surface area contributed by atoms with Crippen LogP contribution < -0.4 is 0 Å². The molecule has 0 aliphatic carbocycles. The van der Waals surface area contributed by atoms with Gasteiger partial charge in [-0.3, -0.25) is 0 Å². The van der Waals surface area contributed by atoms with E-state index in [1.54, 1.807) is 11.3 Å². The second kappa shape index (κ2) is 17.4. The van der Waals surface area contributed by atoms with Crippen LogP contribution in [0.4, 0.5) is 0 Å². The average Bonchev–Trinajstić information content (AvgIpc) is 3.94. The summed E-state index contributed by atoms with van der Waals surface area (Å²) < 4.78 is 38.3. The lowest BCUT2D eigenvalue weighted by Gasteiger charge is -2.17. The van der Waals surface area contributed by atoms with Crippen LogP contribution in [0.1, 0.15) is 4.11 Å². The minimum Gasteiger partial charge on any atom is -0.309 e. The van der Waals surface area contributed by atoms with Crippen molar-refractivity contribution in [3.05, 3.63) is 243 Å². The van der Waals surface area contributed by atoms with Crippen molar-refractivity contribution in [3.8, 4) is 79.7 Å². The highest BCUT2D eigenvalue weighted by atomic mass is 32.1. The Labute approximate surface area is 438 Å². The number of benzene rings is 10. The maximum atomic E-state index is 10.8. The number of thiophene rings is 1. The Morgan fingerprint density at radius 2 is 0.827 bits per heavy atom. The Morgan fingerprint density at radius 3 is 1.47 bits per heavy atom. The molecule has 0 N–H and O–H groups in total. The van der Waals surface area contributed by atoms with E-state index in [1.165, 1.54) is 4.70 Å². The van der Waals surface area contributed by atoms with Crippen molar-refractivity contribution >= 4 is 75.1 Å². The summed E-state index contributed by atoms with van der Waals surface area (Å²) in [5.74, 6) is 1.71. The molecule has 350 valence electrons. The van der Waals surface area contributed by atoms with Crippen LogP contribution in [0.25, 0.3) is 143 Å². The Morgan fingerprint density at radius 1 is 0.333 bits per heavy atom. The van der Waals surface area contributed by atoms with Crippen LogP contribution in [-0.4, -0.2) is 39.0 Å². The van der Waals surface area contributed by atoms with Crippen LogP contribution in [0.2, 0.25) is 0 Å². The van der Waals surface area contributed by atoms with Crippen LogP contribution in [0.15, 0.2) is 243 Å². The van der Waals surface area contributed by atoms with Gasteiger partial charge in [0.05, 0.1) is 31.9 Å². The van der Waals surface area contributed by atoms with Gasteiger partial charge in [-0.25, -0.2) is 29.9 Å². The van der Waals surface area contributed by atoms with Crippen LogP contribution in [0.3, 0.4) is 0 Å². The molecule has 10 aromatic carbocycles. The van der Waals surface area contributed by atoms with E-state index in [4.69, 9.17) is 29.9 Å². The van der Waals surface area contributed by atoms with Crippen molar-refractivity contribution in [2.75, 3.05) is 0 Å². The molecule has 0 bridgehead atoms. The first-order valence-corrected chi connectivity index (χ1v) is 25.5. The summed E-state index contributed by atoms with van der Waals surface area (Å²) in [5.41, 5.74) is 8.03. The Hall–Kier alpha value is -9.96. The van der Waals surface area contributed by atoms with Gasteiger partial charge in [0.1, 0.15) is 0 Å². The molecule has 0 atom stereocenters. The Bertz CT molecular complexity index is 4830. The van der Waals surface area contributed by atoms with Crippen molar-refractivity contribution in [1.82, 2.24) is 39.0 Å². The van der Waals surface area contributed by atoms with Gasteiger partial charge in [-0.1, -0.05) is 170 Å². The van der Waals surface area contributed by atoms with Crippen LogP contribution in [0, 0.1) is 0 Å². The summed E-state index contributed by atoms with van der Waals surface area (Å²) in [6, 6.07) is 74.3. The first-order valence-electron chi connectivity index (χ1n) is 26.2. The fourth-order valence-corrected chi connectivity index (χ4v) is 11.6. The van der Waals surface area contributed by atoms with Gasteiger partial charge in [0.15, 0.2) is 34.9 Å². The summed E-state index contributed by atoms with van der Waals surface area (Å²) >= 11 is 1.73. The minimum atomic E-state index is -0.236. The molecule has 0 aliphatic rings. The molecule has 8 nitrogen and oxygen atoms in total. The summed E-state index contributed by atoms with van der Waals surface area (Å²) in [6.45, 7) is 0.